The summed E-state index contributed by atoms with van der Waals surface area (Å²) in [6.07, 6.45) is 4.14. The van der Waals surface area contributed by atoms with Gasteiger partial charge in [-0.3, -0.25) is 4.90 Å². The molecule has 114 valence electrons. The molecule has 0 aromatic heterocycles. The quantitative estimate of drug-likeness (QED) is 0.758. The Labute approximate surface area is 125 Å². The van der Waals surface area contributed by atoms with E-state index in [1.165, 1.54) is 0 Å². The van der Waals surface area contributed by atoms with Crippen LogP contribution in [-0.2, 0) is 14.2 Å². The lowest BCUT2D eigenvalue weighted by Crippen LogP contribution is -2.56. The van der Waals surface area contributed by atoms with E-state index in [1.807, 2.05) is 0 Å². The van der Waals surface area contributed by atoms with Gasteiger partial charge in [0, 0.05) is 39.0 Å². The highest BCUT2D eigenvalue weighted by atomic mass is 32.1. The summed E-state index contributed by atoms with van der Waals surface area (Å²) in [5.74, 6) is 0. The van der Waals surface area contributed by atoms with Gasteiger partial charge in [-0.1, -0.05) is 12.2 Å². The van der Waals surface area contributed by atoms with Crippen LogP contribution in [0.2, 0.25) is 0 Å². The Balaban J connectivity index is 1.62. The van der Waals surface area contributed by atoms with Gasteiger partial charge in [0.25, 0.3) is 0 Å². The van der Waals surface area contributed by atoms with Gasteiger partial charge in [-0.05, 0) is 25.7 Å². The van der Waals surface area contributed by atoms with E-state index < -0.39 is 0 Å². The Morgan fingerprint density at radius 3 is 2.75 bits per heavy atom. The minimum atomic E-state index is -0.0905. The molecule has 0 bridgehead atoms. The second-order valence-electron chi connectivity index (χ2n) is 6.05. The molecule has 0 saturated carbocycles. The van der Waals surface area contributed by atoms with Crippen LogP contribution in [0.3, 0.4) is 0 Å². The molecule has 0 aliphatic carbocycles. The van der Waals surface area contributed by atoms with Crippen LogP contribution in [-0.4, -0.2) is 67.2 Å². The zero-order chi connectivity index (χ0) is 14.0. The Bertz CT molecular complexity index is 355. The van der Waals surface area contributed by atoms with E-state index >= 15 is 0 Å². The molecule has 0 radical (unpaired) electrons. The van der Waals surface area contributed by atoms with Gasteiger partial charge in [-0.15, -0.1) is 0 Å². The zero-order valence-electron chi connectivity index (χ0n) is 11.9. The van der Waals surface area contributed by atoms with Gasteiger partial charge >= 0.3 is 0 Å². The van der Waals surface area contributed by atoms with E-state index in [1.54, 1.807) is 0 Å². The van der Waals surface area contributed by atoms with Crippen LogP contribution in [0, 0.1) is 0 Å². The first-order valence-corrected chi connectivity index (χ1v) is 7.96. The van der Waals surface area contributed by atoms with Crippen molar-refractivity contribution in [1.29, 1.82) is 0 Å². The van der Waals surface area contributed by atoms with Gasteiger partial charge in [0.1, 0.15) is 11.1 Å². The van der Waals surface area contributed by atoms with Crippen molar-refractivity contribution in [3.05, 3.63) is 0 Å². The predicted molar refractivity (Wildman–Crippen MR) is 79.9 cm³/mol. The van der Waals surface area contributed by atoms with Crippen molar-refractivity contribution >= 4 is 17.2 Å². The average molecular weight is 300 g/mol. The van der Waals surface area contributed by atoms with Gasteiger partial charge in [0.15, 0.2) is 0 Å². The van der Waals surface area contributed by atoms with E-state index in [0.29, 0.717) is 11.0 Å². The molecule has 20 heavy (non-hydrogen) atoms. The summed E-state index contributed by atoms with van der Waals surface area (Å²) in [4.78, 5) is 2.97. The lowest BCUT2D eigenvalue weighted by molar-refractivity contribution is -0.157. The topological polar surface area (TPSA) is 57.0 Å². The summed E-state index contributed by atoms with van der Waals surface area (Å²) >= 11 is 5.07. The lowest BCUT2D eigenvalue weighted by atomic mass is 9.83. The zero-order valence-corrected chi connectivity index (χ0v) is 12.7. The van der Waals surface area contributed by atoms with Gasteiger partial charge in [-0.25, -0.2) is 0 Å². The summed E-state index contributed by atoms with van der Waals surface area (Å²) in [6.45, 7) is 5.01. The summed E-state index contributed by atoms with van der Waals surface area (Å²) < 4.78 is 17.2. The minimum Gasteiger partial charge on any atom is -0.391 e. The smallest absolute Gasteiger partial charge is 0.120 e. The average Bonchev–Trinajstić information content (AvgIpc) is 2.48. The second kappa shape index (κ2) is 6.23. The summed E-state index contributed by atoms with van der Waals surface area (Å²) in [7, 11) is 0. The number of ether oxygens (including phenoxy) is 3. The fraction of sp³-hybridized carbons (Fsp3) is 0.929. The molecule has 2 N–H and O–H groups in total. The highest BCUT2D eigenvalue weighted by Crippen LogP contribution is 2.36. The maximum Gasteiger partial charge on any atom is 0.120 e. The molecular weight excluding hydrogens is 276 g/mol. The molecule has 3 saturated heterocycles. The van der Waals surface area contributed by atoms with E-state index in [-0.39, 0.29) is 11.7 Å². The van der Waals surface area contributed by atoms with E-state index in [9.17, 15) is 0 Å². The molecule has 3 aliphatic rings. The highest BCUT2D eigenvalue weighted by Gasteiger charge is 2.41. The fourth-order valence-corrected chi connectivity index (χ4v) is 3.72. The highest BCUT2D eigenvalue weighted by molar-refractivity contribution is 7.80. The van der Waals surface area contributed by atoms with Crippen LogP contribution >= 0.6 is 12.2 Å². The monoisotopic (exact) mass is 300 g/mol. The van der Waals surface area contributed by atoms with Crippen molar-refractivity contribution in [3.8, 4) is 0 Å². The van der Waals surface area contributed by atoms with Gasteiger partial charge in [-0.2, -0.15) is 0 Å². The SMILES string of the molecule is NC(=S)C1CN(C2CCOC3(CCOCC3)C2)CCO1. The lowest BCUT2D eigenvalue weighted by Gasteiger charge is -2.47. The normalized spacial score (nSPS) is 35.0. The molecule has 3 fully saturated rings. The number of nitrogens with two attached hydrogens (primary N) is 1. The molecule has 0 aromatic carbocycles. The van der Waals surface area contributed by atoms with Crippen LogP contribution in [0.25, 0.3) is 0 Å². The molecule has 3 heterocycles. The van der Waals surface area contributed by atoms with Crippen molar-refractivity contribution in [3.63, 3.8) is 0 Å². The van der Waals surface area contributed by atoms with Gasteiger partial charge < -0.3 is 19.9 Å². The van der Waals surface area contributed by atoms with Crippen molar-refractivity contribution in [2.45, 2.75) is 43.4 Å². The molecule has 2 atom stereocenters. The van der Waals surface area contributed by atoms with Crippen LogP contribution < -0.4 is 5.73 Å². The number of nitrogens with zero attached hydrogens (tertiary/aromatic N) is 1. The van der Waals surface area contributed by atoms with Crippen LogP contribution in [0.1, 0.15) is 25.7 Å². The molecule has 1 spiro atoms. The van der Waals surface area contributed by atoms with E-state index in [0.717, 1.165) is 65.2 Å². The summed E-state index contributed by atoms with van der Waals surface area (Å²) in [5.41, 5.74) is 5.77. The molecule has 6 heteroatoms. The molecule has 3 rings (SSSR count). The van der Waals surface area contributed by atoms with Crippen molar-refractivity contribution in [2.75, 3.05) is 39.5 Å². The Morgan fingerprint density at radius 2 is 2.00 bits per heavy atom. The molecule has 3 aliphatic heterocycles. The molecular formula is C14H24N2O3S. The summed E-state index contributed by atoms with van der Waals surface area (Å²) in [5, 5.41) is 0. The molecule has 0 amide bonds. The first-order chi connectivity index (χ1) is 9.69. The maximum atomic E-state index is 6.11. The third kappa shape index (κ3) is 3.14. The fourth-order valence-electron chi connectivity index (χ4n) is 3.58. The van der Waals surface area contributed by atoms with Crippen molar-refractivity contribution < 1.29 is 14.2 Å². The molecule has 5 nitrogen and oxygen atoms in total. The van der Waals surface area contributed by atoms with Crippen LogP contribution in [0.5, 0.6) is 0 Å². The Hall–Kier alpha value is -0.270. The van der Waals surface area contributed by atoms with Gasteiger partial charge in [0.05, 0.1) is 12.2 Å². The minimum absolute atomic E-state index is 0.0399. The maximum absolute atomic E-state index is 6.11. The molecule has 0 aromatic rings. The van der Waals surface area contributed by atoms with Crippen molar-refractivity contribution in [2.24, 2.45) is 5.73 Å². The number of thiocarbonyl (C=S) groups is 1. The largest absolute Gasteiger partial charge is 0.391 e. The Kier molecular flexibility index (Phi) is 4.57. The van der Waals surface area contributed by atoms with Crippen LogP contribution in [0.4, 0.5) is 0 Å². The number of rotatable bonds is 2. The first kappa shape index (κ1) is 14.7. The standard InChI is InChI=1S/C14H24N2O3S/c15-13(20)12-10-16(4-8-18-12)11-1-5-19-14(9-11)2-6-17-7-3-14/h11-12H,1-10H2,(H2,15,20). The number of hydrogen-bond donors (Lipinski definition) is 1. The number of morpholine rings is 1. The molecule has 2 unspecified atom stereocenters. The Morgan fingerprint density at radius 1 is 1.20 bits per heavy atom. The number of hydrogen-bond acceptors (Lipinski definition) is 5. The van der Waals surface area contributed by atoms with E-state index in [4.69, 9.17) is 32.2 Å². The van der Waals surface area contributed by atoms with Crippen LogP contribution in [0.15, 0.2) is 0 Å². The second-order valence-corrected chi connectivity index (χ2v) is 6.52. The predicted octanol–water partition coefficient (Wildman–Crippen LogP) is 0.701. The third-order valence-corrected chi connectivity index (χ3v) is 5.07. The van der Waals surface area contributed by atoms with Crippen molar-refractivity contribution in [1.82, 2.24) is 4.90 Å². The van der Waals surface area contributed by atoms with E-state index in [2.05, 4.69) is 4.90 Å². The summed E-state index contributed by atoms with van der Waals surface area (Å²) in [6, 6.07) is 0.558. The van der Waals surface area contributed by atoms with Gasteiger partial charge in [0.2, 0.25) is 0 Å². The first-order valence-electron chi connectivity index (χ1n) is 7.55. The third-order valence-electron chi connectivity index (χ3n) is 4.80.